The number of benzene rings is 1. The lowest BCUT2D eigenvalue weighted by atomic mass is 9.92. The van der Waals surface area contributed by atoms with Gasteiger partial charge >= 0.3 is 0 Å². The molecule has 0 bridgehead atoms. The Labute approximate surface area is 154 Å². The number of nitrogens with zero attached hydrogens (tertiary/aromatic N) is 3. The molecule has 5 nitrogen and oxygen atoms in total. The van der Waals surface area contributed by atoms with E-state index in [1.165, 1.54) is 7.05 Å². The Morgan fingerprint density at radius 3 is 2.62 bits per heavy atom. The minimum Gasteiger partial charge on any atom is -0.367 e. The lowest BCUT2D eigenvalue weighted by Crippen LogP contribution is -2.29. The summed E-state index contributed by atoms with van der Waals surface area (Å²) in [5.41, 5.74) is 3.49. The first-order valence-corrected chi connectivity index (χ1v) is 8.93. The summed E-state index contributed by atoms with van der Waals surface area (Å²) in [6, 6.07) is 10.0. The predicted octanol–water partition coefficient (Wildman–Crippen LogP) is 3.14. The number of amides is 2. The third-order valence-corrected chi connectivity index (χ3v) is 4.99. The van der Waals surface area contributed by atoms with Crippen molar-refractivity contribution in [1.29, 1.82) is 5.26 Å². The smallest absolute Gasteiger partial charge is 0.271 e. The number of para-hydroxylation sites is 1. The molecule has 1 aromatic carbocycles. The largest absolute Gasteiger partial charge is 0.367 e. The van der Waals surface area contributed by atoms with Crippen molar-refractivity contribution in [2.45, 2.75) is 26.7 Å². The highest BCUT2D eigenvalue weighted by atomic mass is 16.2. The minimum atomic E-state index is -0.504. The molecule has 1 aromatic rings. The standard InChI is InChI=1S/C21H23N3O2/c1-14(2)8-10-24-11-9-15(16-6-4-5-7-19(16)24)12-17-18(13-22)21(26)23(3)20(17)25/h4-7,9,14H,8,10-12H2,1-3H3. The van der Waals surface area contributed by atoms with Crippen LogP contribution in [0.5, 0.6) is 0 Å². The maximum atomic E-state index is 12.4. The summed E-state index contributed by atoms with van der Waals surface area (Å²) in [6.07, 6.45) is 3.53. The average Bonchev–Trinajstić information content (AvgIpc) is 2.84. The molecule has 0 fully saturated rings. The minimum absolute atomic E-state index is 0.0295. The summed E-state index contributed by atoms with van der Waals surface area (Å²) >= 11 is 0. The molecular weight excluding hydrogens is 326 g/mol. The second-order valence-corrected chi connectivity index (χ2v) is 7.19. The molecular formula is C21H23N3O2. The highest BCUT2D eigenvalue weighted by Crippen LogP contribution is 2.37. The first-order valence-electron chi connectivity index (χ1n) is 8.93. The fraction of sp³-hybridized carbons (Fsp3) is 0.381. The monoisotopic (exact) mass is 349 g/mol. The number of imide groups is 1. The SMILES string of the molecule is CC(C)CCN1CC=C(CC2=C(C#N)C(=O)N(C)C2=O)c2ccccc21. The number of rotatable bonds is 5. The summed E-state index contributed by atoms with van der Waals surface area (Å²) in [6.45, 7) is 6.18. The molecule has 0 N–H and O–H groups in total. The van der Waals surface area contributed by atoms with Crippen LogP contribution in [0.4, 0.5) is 5.69 Å². The molecule has 3 rings (SSSR count). The molecule has 2 aliphatic heterocycles. The molecule has 2 amide bonds. The zero-order chi connectivity index (χ0) is 18.8. The van der Waals surface area contributed by atoms with Gasteiger partial charge in [-0.1, -0.05) is 38.1 Å². The first kappa shape index (κ1) is 17.9. The van der Waals surface area contributed by atoms with E-state index in [1.807, 2.05) is 24.3 Å². The number of hydrogen-bond donors (Lipinski definition) is 0. The summed E-state index contributed by atoms with van der Waals surface area (Å²) in [5.74, 6) is -0.239. The van der Waals surface area contributed by atoms with Gasteiger partial charge in [-0.15, -0.1) is 0 Å². The van der Waals surface area contributed by atoms with Gasteiger partial charge in [0.2, 0.25) is 0 Å². The molecule has 0 spiro atoms. The highest BCUT2D eigenvalue weighted by Gasteiger charge is 2.36. The van der Waals surface area contributed by atoms with Gasteiger partial charge in [-0.2, -0.15) is 5.26 Å². The van der Waals surface area contributed by atoms with E-state index in [4.69, 9.17) is 0 Å². The number of fused-ring (bicyclic) bond motifs is 1. The Hall–Kier alpha value is -2.87. The van der Waals surface area contributed by atoms with E-state index < -0.39 is 5.91 Å². The summed E-state index contributed by atoms with van der Waals surface area (Å²) in [5, 5.41) is 9.30. The van der Waals surface area contributed by atoms with E-state index in [9.17, 15) is 14.9 Å². The molecule has 0 radical (unpaired) electrons. The number of carbonyl (C=O) groups excluding carboxylic acids is 2. The number of likely N-dealkylation sites (N-methyl/N-ethyl adjacent to an activating group) is 1. The van der Waals surface area contributed by atoms with Crippen LogP contribution >= 0.6 is 0 Å². The van der Waals surface area contributed by atoms with Crippen LogP contribution in [-0.4, -0.2) is 36.9 Å². The van der Waals surface area contributed by atoms with Gasteiger partial charge < -0.3 is 4.90 Å². The molecule has 2 aliphatic rings. The maximum absolute atomic E-state index is 12.4. The fourth-order valence-electron chi connectivity index (χ4n) is 3.41. The molecule has 26 heavy (non-hydrogen) atoms. The number of anilines is 1. The number of nitriles is 1. The van der Waals surface area contributed by atoms with Gasteiger partial charge in [0.15, 0.2) is 0 Å². The van der Waals surface area contributed by atoms with Crippen LogP contribution in [-0.2, 0) is 9.59 Å². The molecule has 0 saturated heterocycles. The average molecular weight is 349 g/mol. The van der Waals surface area contributed by atoms with Crippen LogP contribution in [0, 0.1) is 17.2 Å². The quantitative estimate of drug-likeness (QED) is 0.766. The molecule has 134 valence electrons. The van der Waals surface area contributed by atoms with E-state index in [0.717, 1.165) is 41.2 Å². The van der Waals surface area contributed by atoms with E-state index in [2.05, 4.69) is 30.9 Å². The Balaban J connectivity index is 1.91. The van der Waals surface area contributed by atoms with Crippen molar-refractivity contribution in [2.24, 2.45) is 5.92 Å². The Morgan fingerprint density at radius 2 is 1.92 bits per heavy atom. The summed E-state index contributed by atoms with van der Waals surface area (Å²) in [7, 11) is 1.42. The number of allylic oxidation sites excluding steroid dienone is 1. The molecule has 5 heteroatoms. The van der Waals surface area contributed by atoms with Crippen molar-refractivity contribution in [3.63, 3.8) is 0 Å². The van der Waals surface area contributed by atoms with Crippen LogP contribution in [0.25, 0.3) is 5.57 Å². The Kier molecular flexibility index (Phi) is 4.94. The van der Waals surface area contributed by atoms with Crippen molar-refractivity contribution in [3.05, 3.63) is 47.1 Å². The number of carbonyl (C=O) groups is 2. The topological polar surface area (TPSA) is 64.4 Å². The zero-order valence-electron chi connectivity index (χ0n) is 15.5. The lowest BCUT2D eigenvalue weighted by molar-refractivity contribution is -0.135. The third-order valence-electron chi connectivity index (χ3n) is 4.99. The van der Waals surface area contributed by atoms with E-state index in [1.54, 1.807) is 0 Å². The van der Waals surface area contributed by atoms with Gasteiger partial charge in [0.1, 0.15) is 11.6 Å². The molecule has 0 saturated carbocycles. The zero-order valence-corrected chi connectivity index (χ0v) is 15.5. The normalized spacial score (nSPS) is 17.0. The molecule has 0 aromatic heterocycles. The van der Waals surface area contributed by atoms with Crippen molar-refractivity contribution in [2.75, 3.05) is 25.0 Å². The van der Waals surface area contributed by atoms with Crippen LogP contribution in [0.15, 0.2) is 41.5 Å². The Bertz CT molecular complexity index is 858. The molecule has 0 unspecified atom stereocenters. The van der Waals surface area contributed by atoms with Gasteiger partial charge in [0.25, 0.3) is 11.8 Å². The third kappa shape index (κ3) is 3.15. The van der Waals surface area contributed by atoms with Crippen molar-refractivity contribution < 1.29 is 9.59 Å². The second-order valence-electron chi connectivity index (χ2n) is 7.19. The highest BCUT2D eigenvalue weighted by molar-refractivity contribution is 6.21. The van der Waals surface area contributed by atoms with Gasteiger partial charge in [-0.3, -0.25) is 14.5 Å². The van der Waals surface area contributed by atoms with Gasteiger partial charge in [-0.05, 0) is 24.0 Å². The first-order chi connectivity index (χ1) is 12.4. The predicted molar refractivity (Wildman–Crippen MR) is 101 cm³/mol. The van der Waals surface area contributed by atoms with E-state index in [-0.39, 0.29) is 11.5 Å². The molecule has 0 atom stereocenters. The van der Waals surface area contributed by atoms with Crippen molar-refractivity contribution in [3.8, 4) is 6.07 Å². The van der Waals surface area contributed by atoms with Crippen LogP contribution in [0.1, 0.15) is 32.3 Å². The molecule has 2 heterocycles. The van der Waals surface area contributed by atoms with Gasteiger partial charge in [0.05, 0.1) is 0 Å². The van der Waals surface area contributed by atoms with Crippen LogP contribution < -0.4 is 4.90 Å². The van der Waals surface area contributed by atoms with Gasteiger partial charge in [0, 0.05) is 43.4 Å². The van der Waals surface area contributed by atoms with Crippen molar-refractivity contribution >= 4 is 23.1 Å². The molecule has 0 aliphatic carbocycles. The summed E-state index contributed by atoms with van der Waals surface area (Å²) < 4.78 is 0. The maximum Gasteiger partial charge on any atom is 0.271 e. The van der Waals surface area contributed by atoms with Crippen LogP contribution in [0.2, 0.25) is 0 Å². The Morgan fingerprint density at radius 1 is 1.19 bits per heavy atom. The van der Waals surface area contributed by atoms with Crippen LogP contribution in [0.3, 0.4) is 0 Å². The lowest BCUT2D eigenvalue weighted by Gasteiger charge is -2.31. The van der Waals surface area contributed by atoms with E-state index >= 15 is 0 Å². The van der Waals surface area contributed by atoms with Crippen molar-refractivity contribution in [1.82, 2.24) is 4.90 Å². The van der Waals surface area contributed by atoms with Gasteiger partial charge in [-0.25, -0.2) is 0 Å². The fourth-order valence-corrected chi connectivity index (χ4v) is 3.41. The summed E-state index contributed by atoms with van der Waals surface area (Å²) in [4.78, 5) is 27.8. The second kappa shape index (κ2) is 7.17. The van der Waals surface area contributed by atoms with E-state index in [0.29, 0.717) is 17.9 Å². The number of hydrogen-bond acceptors (Lipinski definition) is 4.